The molecule has 0 amide bonds. The van der Waals surface area contributed by atoms with Crippen LogP contribution >= 0.6 is 11.6 Å². The minimum atomic E-state index is -0.380. The standard InChI is InChI=1S/C15H14ClFN4/c16-10-5-6-11(12(17)7-10)14(20-18)8-21-9-19-13-3-1-2-4-15(13)21/h1-7,9,14,20H,8,18H2. The predicted molar refractivity (Wildman–Crippen MR) is 81.2 cm³/mol. The molecule has 0 aliphatic rings. The largest absolute Gasteiger partial charge is 0.329 e. The molecule has 2 aromatic carbocycles. The summed E-state index contributed by atoms with van der Waals surface area (Å²) in [7, 11) is 0. The summed E-state index contributed by atoms with van der Waals surface area (Å²) in [4.78, 5) is 4.32. The van der Waals surface area contributed by atoms with Gasteiger partial charge in [-0.3, -0.25) is 11.3 Å². The van der Waals surface area contributed by atoms with Crippen molar-refractivity contribution in [3.63, 3.8) is 0 Å². The van der Waals surface area contributed by atoms with E-state index in [9.17, 15) is 4.39 Å². The van der Waals surface area contributed by atoms with Crippen LogP contribution < -0.4 is 11.3 Å². The second-order valence-corrected chi connectivity index (χ2v) is 5.21. The van der Waals surface area contributed by atoms with Gasteiger partial charge >= 0.3 is 0 Å². The Kier molecular flexibility index (Phi) is 3.88. The number of nitrogens with two attached hydrogens (primary N) is 1. The molecule has 1 heterocycles. The van der Waals surface area contributed by atoms with Crippen molar-refractivity contribution in [3.05, 3.63) is 65.2 Å². The highest BCUT2D eigenvalue weighted by Gasteiger charge is 2.16. The molecule has 1 aromatic heterocycles. The zero-order valence-electron chi connectivity index (χ0n) is 11.1. The third-order valence-electron chi connectivity index (χ3n) is 3.45. The number of fused-ring (bicyclic) bond motifs is 1. The maximum Gasteiger partial charge on any atom is 0.129 e. The fourth-order valence-corrected chi connectivity index (χ4v) is 2.54. The first-order valence-corrected chi connectivity index (χ1v) is 6.88. The summed E-state index contributed by atoms with van der Waals surface area (Å²) in [6.45, 7) is 0.468. The van der Waals surface area contributed by atoms with Crippen LogP contribution in [0.5, 0.6) is 0 Å². The van der Waals surface area contributed by atoms with Gasteiger partial charge in [0.2, 0.25) is 0 Å². The number of rotatable bonds is 4. The van der Waals surface area contributed by atoms with Gasteiger partial charge in [-0.05, 0) is 24.3 Å². The molecule has 108 valence electrons. The molecule has 0 fully saturated rings. The van der Waals surface area contributed by atoms with Crippen LogP contribution in [0.2, 0.25) is 5.02 Å². The van der Waals surface area contributed by atoms with E-state index in [1.807, 2.05) is 28.8 Å². The molecular formula is C15H14ClFN4. The minimum Gasteiger partial charge on any atom is -0.329 e. The van der Waals surface area contributed by atoms with Crippen LogP contribution in [0.15, 0.2) is 48.8 Å². The highest BCUT2D eigenvalue weighted by Crippen LogP contribution is 2.23. The number of nitrogens with one attached hydrogen (secondary N) is 1. The molecule has 6 heteroatoms. The van der Waals surface area contributed by atoms with E-state index in [-0.39, 0.29) is 11.9 Å². The van der Waals surface area contributed by atoms with E-state index >= 15 is 0 Å². The lowest BCUT2D eigenvalue weighted by Gasteiger charge is -2.18. The highest BCUT2D eigenvalue weighted by molar-refractivity contribution is 6.30. The molecule has 0 saturated heterocycles. The summed E-state index contributed by atoms with van der Waals surface area (Å²) in [6.07, 6.45) is 1.73. The summed E-state index contributed by atoms with van der Waals surface area (Å²) in [5.41, 5.74) is 4.99. The van der Waals surface area contributed by atoms with Gasteiger partial charge in [-0.2, -0.15) is 0 Å². The molecule has 4 nitrogen and oxygen atoms in total. The molecule has 0 saturated carbocycles. The fraction of sp³-hybridized carbons (Fsp3) is 0.133. The van der Waals surface area contributed by atoms with Gasteiger partial charge in [-0.15, -0.1) is 0 Å². The van der Waals surface area contributed by atoms with Gasteiger partial charge in [0.05, 0.1) is 23.4 Å². The Hall–Kier alpha value is -1.95. The van der Waals surface area contributed by atoms with Crippen molar-refractivity contribution in [1.29, 1.82) is 0 Å². The maximum atomic E-state index is 14.0. The maximum absolute atomic E-state index is 14.0. The molecule has 0 radical (unpaired) electrons. The van der Waals surface area contributed by atoms with Gasteiger partial charge in [0.1, 0.15) is 5.82 Å². The first kappa shape index (κ1) is 14.0. The number of nitrogens with zero attached hydrogens (tertiary/aromatic N) is 2. The first-order chi connectivity index (χ1) is 10.2. The van der Waals surface area contributed by atoms with E-state index < -0.39 is 0 Å². The zero-order chi connectivity index (χ0) is 14.8. The molecular weight excluding hydrogens is 291 g/mol. The molecule has 1 unspecified atom stereocenters. The topological polar surface area (TPSA) is 55.9 Å². The van der Waals surface area contributed by atoms with Crippen molar-refractivity contribution in [1.82, 2.24) is 15.0 Å². The Bertz CT molecular complexity index is 771. The van der Waals surface area contributed by atoms with Gasteiger partial charge in [-0.25, -0.2) is 9.37 Å². The molecule has 1 atom stereocenters. The van der Waals surface area contributed by atoms with E-state index in [0.717, 1.165) is 11.0 Å². The number of halogens is 2. The number of imidazole rings is 1. The fourth-order valence-electron chi connectivity index (χ4n) is 2.38. The minimum absolute atomic E-state index is 0.361. The molecule has 0 spiro atoms. The third kappa shape index (κ3) is 2.76. The average molecular weight is 305 g/mol. The van der Waals surface area contributed by atoms with Crippen LogP contribution in [0.4, 0.5) is 4.39 Å². The molecule has 3 N–H and O–H groups in total. The van der Waals surface area contributed by atoms with Gasteiger partial charge in [0.15, 0.2) is 0 Å². The average Bonchev–Trinajstić information content (AvgIpc) is 2.89. The van der Waals surface area contributed by atoms with E-state index in [0.29, 0.717) is 17.1 Å². The number of para-hydroxylation sites is 2. The van der Waals surface area contributed by atoms with E-state index in [2.05, 4.69) is 10.4 Å². The van der Waals surface area contributed by atoms with Crippen LogP contribution in [0.1, 0.15) is 11.6 Å². The second kappa shape index (κ2) is 5.81. The number of benzene rings is 2. The Morgan fingerprint density at radius 3 is 2.86 bits per heavy atom. The second-order valence-electron chi connectivity index (χ2n) is 4.77. The SMILES string of the molecule is NNC(Cn1cnc2ccccc21)c1ccc(Cl)cc1F. The smallest absolute Gasteiger partial charge is 0.129 e. The summed E-state index contributed by atoms with van der Waals surface area (Å²) in [6, 6.07) is 12.0. The summed E-state index contributed by atoms with van der Waals surface area (Å²) < 4.78 is 16.0. The number of hydrazine groups is 1. The van der Waals surface area contributed by atoms with Crippen molar-refractivity contribution < 1.29 is 4.39 Å². The van der Waals surface area contributed by atoms with Gasteiger partial charge < -0.3 is 4.57 Å². The molecule has 0 bridgehead atoms. The lowest BCUT2D eigenvalue weighted by Crippen LogP contribution is -2.31. The van der Waals surface area contributed by atoms with Crippen LogP contribution in [0, 0.1) is 5.82 Å². The van der Waals surface area contributed by atoms with Gasteiger partial charge in [0, 0.05) is 17.1 Å². The normalized spacial score (nSPS) is 12.7. The first-order valence-electron chi connectivity index (χ1n) is 6.50. The van der Waals surface area contributed by atoms with Crippen LogP contribution in [0.25, 0.3) is 11.0 Å². The van der Waals surface area contributed by atoms with Crippen molar-refractivity contribution in [2.45, 2.75) is 12.6 Å². The Balaban J connectivity index is 1.94. The number of hydrogen-bond donors (Lipinski definition) is 2. The zero-order valence-corrected chi connectivity index (χ0v) is 11.9. The van der Waals surface area contributed by atoms with Crippen molar-refractivity contribution in [2.24, 2.45) is 5.84 Å². The van der Waals surface area contributed by atoms with Gasteiger partial charge in [0.25, 0.3) is 0 Å². The molecule has 21 heavy (non-hydrogen) atoms. The van der Waals surface area contributed by atoms with E-state index in [1.165, 1.54) is 6.07 Å². The van der Waals surface area contributed by atoms with Gasteiger partial charge in [-0.1, -0.05) is 29.8 Å². The van der Waals surface area contributed by atoms with Crippen LogP contribution in [0.3, 0.4) is 0 Å². The summed E-state index contributed by atoms with van der Waals surface area (Å²) in [5.74, 6) is 5.21. The Morgan fingerprint density at radius 2 is 2.10 bits per heavy atom. The van der Waals surface area contributed by atoms with Crippen molar-refractivity contribution >= 4 is 22.6 Å². The van der Waals surface area contributed by atoms with E-state index in [4.69, 9.17) is 17.4 Å². The predicted octanol–water partition coefficient (Wildman–Crippen LogP) is 3.03. The van der Waals surface area contributed by atoms with Crippen molar-refractivity contribution in [3.8, 4) is 0 Å². The van der Waals surface area contributed by atoms with Crippen molar-refractivity contribution in [2.75, 3.05) is 0 Å². The Labute approximate surface area is 126 Å². The molecule has 3 aromatic rings. The number of aromatic nitrogens is 2. The lowest BCUT2D eigenvalue weighted by atomic mass is 10.1. The number of hydrogen-bond acceptors (Lipinski definition) is 3. The third-order valence-corrected chi connectivity index (χ3v) is 3.68. The molecule has 3 rings (SSSR count). The monoisotopic (exact) mass is 304 g/mol. The summed E-state index contributed by atoms with van der Waals surface area (Å²) in [5, 5.41) is 0.361. The lowest BCUT2D eigenvalue weighted by molar-refractivity contribution is 0.458. The van der Waals surface area contributed by atoms with E-state index in [1.54, 1.807) is 18.5 Å². The van der Waals surface area contributed by atoms with Crippen LogP contribution in [-0.4, -0.2) is 9.55 Å². The Morgan fingerprint density at radius 1 is 1.29 bits per heavy atom. The quantitative estimate of drug-likeness (QED) is 0.575. The molecule has 0 aliphatic carbocycles. The van der Waals surface area contributed by atoms with Crippen LogP contribution in [-0.2, 0) is 6.54 Å². The summed E-state index contributed by atoms with van der Waals surface area (Å²) >= 11 is 5.78. The molecule has 0 aliphatic heterocycles. The highest BCUT2D eigenvalue weighted by atomic mass is 35.5.